The van der Waals surface area contributed by atoms with Crippen LogP contribution in [0.15, 0.2) is 24.3 Å². The molecule has 2 amide bonds. The Hall–Kier alpha value is -1.60. The molecule has 1 fully saturated rings. The Balaban J connectivity index is 2.01. The Bertz CT molecular complexity index is 673. The highest BCUT2D eigenvalue weighted by Crippen LogP contribution is 2.18. The number of aryl methyl sites for hydroxylation is 1. The predicted octanol–water partition coefficient (Wildman–Crippen LogP) is 1.26. The van der Waals surface area contributed by atoms with Crippen LogP contribution in [0.3, 0.4) is 0 Å². The molecule has 1 unspecified atom stereocenters. The highest BCUT2D eigenvalue weighted by atomic mass is 32.2. The average Bonchev–Trinajstić information content (AvgIpc) is 2.85. The number of hydrogen-bond acceptors (Lipinski definition) is 4. The van der Waals surface area contributed by atoms with Crippen LogP contribution < -0.4 is 5.32 Å². The summed E-state index contributed by atoms with van der Waals surface area (Å²) in [5.74, 6) is 0.236. The van der Waals surface area contributed by atoms with E-state index in [0.29, 0.717) is 26.1 Å². The summed E-state index contributed by atoms with van der Waals surface area (Å²) in [6.45, 7) is 3.68. The van der Waals surface area contributed by atoms with Gasteiger partial charge in [0.15, 0.2) is 9.84 Å². The van der Waals surface area contributed by atoms with Gasteiger partial charge in [-0.15, -0.1) is 0 Å². The quantitative estimate of drug-likeness (QED) is 0.836. The van der Waals surface area contributed by atoms with Crippen LogP contribution in [0.25, 0.3) is 0 Å². The Kier molecular flexibility index (Phi) is 6.23. The van der Waals surface area contributed by atoms with Crippen molar-refractivity contribution in [3.8, 4) is 0 Å². The molecule has 2 rings (SSSR count). The SMILES string of the molecule is Cc1cccc(CNC(=O)N(CCN(C)C)C2CCS(=O)(=O)C2)c1. The molecule has 0 aromatic heterocycles. The number of carbonyl (C=O) groups excluding carboxylic acids is 1. The van der Waals surface area contributed by atoms with Gasteiger partial charge in [-0.05, 0) is 33.0 Å². The first kappa shape index (κ1) is 18.7. The summed E-state index contributed by atoms with van der Waals surface area (Å²) in [4.78, 5) is 16.3. The topological polar surface area (TPSA) is 69.7 Å². The number of carbonyl (C=O) groups is 1. The van der Waals surface area contributed by atoms with Crippen molar-refractivity contribution in [3.63, 3.8) is 0 Å². The molecule has 1 atom stereocenters. The van der Waals surface area contributed by atoms with Crippen LogP contribution in [-0.4, -0.2) is 69.0 Å². The highest BCUT2D eigenvalue weighted by molar-refractivity contribution is 7.91. The normalized spacial score (nSPS) is 19.4. The minimum atomic E-state index is -3.02. The van der Waals surface area contributed by atoms with Crippen molar-refractivity contribution >= 4 is 15.9 Å². The van der Waals surface area contributed by atoms with Crippen molar-refractivity contribution in [2.75, 3.05) is 38.7 Å². The Morgan fingerprint density at radius 1 is 1.29 bits per heavy atom. The van der Waals surface area contributed by atoms with Gasteiger partial charge >= 0.3 is 6.03 Å². The lowest BCUT2D eigenvalue weighted by Crippen LogP contribution is -2.49. The van der Waals surface area contributed by atoms with E-state index < -0.39 is 9.84 Å². The van der Waals surface area contributed by atoms with Crippen LogP contribution in [0, 0.1) is 6.92 Å². The van der Waals surface area contributed by atoms with Crippen molar-refractivity contribution in [2.45, 2.75) is 25.9 Å². The van der Waals surface area contributed by atoms with Crippen LogP contribution in [0.2, 0.25) is 0 Å². The van der Waals surface area contributed by atoms with E-state index >= 15 is 0 Å². The molecule has 1 aromatic carbocycles. The molecule has 0 spiro atoms. The van der Waals surface area contributed by atoms with Gasteiger partial charge in [-0.25, -0.2) is 13.2 Å². The molecule has 0 aliphatic carbocycles. The fraction of sp³-hybridized carbons (Fsp3) is 0.588. The van der Waals surface area contributed by atoms with E-state index in [4.69, 9.17) is 0 Å². The molecule has 1 aromatic rings. The third-order valence-corrected chi connectivity index (χ3v) is 5.97. The van der Waals surface area contributed by atoms with Gasteiger partial charge in [0.1, 0.15) is 0 Å². The number of urea groups is 1. The predicted molar refractivity (Wildman–Crippen MR) is 95.7 cm³/mol. The Morgan fingerprint density at radius 2 is 2.04 bits per heavy atom. The minimum Gasteiger partial charge on any atom is -0.334 e. The molecular weight excluding hydrogens is 326 g/mol. The molecule has 7 heteroatoms. The molecular formula is C17H27N3O3S. The Labute approximate surface area is 144 Å². The summed E-state index contributed by atoms with van der Waals surface area (Å²) in [6, 6.07) is 7.55. The lowest BCUT2D eigenvalue weighted by Gasteiger charge is -2.29. The van der Waals surface area contributed by atoms with Gasteiger partial charge in [-0.3, -0.25) is 0 Å². The summed E-state index contributed by atoms with van der Waals surface area (Å²) >= 11 is 0. The average molecular weight is 353 g/mol. The molecule has 134 valence electrons. The lowest BCUT2D eigenvalue weighted by molar-refractivity contribution is 0.172. The van der Waals surface area contributed by atoms with Gasteiger partial charge in [0, 0.05) is 25.7 Å². The molecule has 1 saturated heterocycles. The van der Waals surface area contributed by atoms with Gasteiger partial charge in [0.2, 0.25) is 0 Å². The number of benzene rings is 1. The zero-order valence-electron chi connectivity index (χ0n) is 14.7. The molecule has 0 radical (unpaired) electrons. The maximum atomic E-state index is 12.6. The van der Waals surface area contributed by atoms with Gasteiger partial charge in [0.25, 0.3) is 0 Å². The van der Waals surface area contributed by atoms with Gasteiger partial charge in [0.05, 0.1) is 11.5 Å². The standard InChI is InChI=1S/C17H27N3O3S/c1-14-5-4-6-15(11-14)12-18-17(21)20(9-8-19(2)3)16-7-10-24(22,23)13-16/h4-6,11,16H,7-10,12-13H2,1-3H3,(H,18,21). The second kappa shape index (κ2) is 7.98. The van der Waals surface area contributed by atoms with Crippen molar-refractivity contribution < 1.29 is 13.2 Å². The van der Waals surface area contributed by atoms with E-state index in [1.807, 2.05) is 50.2 Å². The molecule has 1 aliphatic rings. The largest absolute Gasteiger partial charge is 0.334 e. The summed E-state index contributed by atoms with van der Waals surface area (Å²) < 4.78 is 23.5. The molecule has 6 nitrogen and oxygen atoms in total. The summed E-state index contributed by atoms with van der Waals surface area (Å²) in [5, 5.41) is 2.93. The van der Waals surface area contributed by atoms with Crippen molar-refractivity contribution in [3.05, 3.63) is 35.4 Å². The smallest absolute Gasteiger partial charge is 0.317 e. The first-order valence-electron chi connectivity index (χ1n) is 8.22. The fourth-order valence-electron chi connectivity index (χ4n) is 2.88. The van der Waals surface area contributed by atoms with Gasteiger partial charge in [-0.1, -0.05) is 29.8 Å². The maximum absolute atomic E-state index is 12.6. The number of rotatable bonds is 6. The maximum Gasteiger partial charge on any atom is 0.317 e. The molecule has 24 heavy (non-hydrogen) atoms. The molecule has 1 heterocycles. The summed E-state index contributed by atoms with van der Waals surface area (Å²) in [6.07, 6.45) is 0.521. The first-order chi connectivity index (χ1) is 11.3. The monoisotopic (exact) mass is 353 g/mol. The van der Waals surface area contributed by atoms with E-state index in [1.165, 1.54) is 0 Å². The number of sulfone groups is 1. The third-order valence-electron chi connectivity index (χ3n) is 4.22. The van der Waals surface area contributed by atoms with Crippen molar-refractivity contribution in [1.29, 1.82) is 0 Å². The summed E-state index contributed by atoms with van der Waals surface area (Å²) in [7, 11) is 0.857. The van der Waals surface area contributed by atoms with Crippen LogP contribution in [0.5, 0.6) is 0 Å². The molecule has 1 N–H and O–H groups in total. The number of nitrogens with one attached hydrogen (secondary N) is 1. The highest BCUT2D eigenvalue weighted by Gasteiger charge is 2.34. The first-order valence-corrected chi connectivity index (χ1v) is 10.0. The second-order valence-corrected chi connectivity index (χ2v) is 8.93. The van der Waals surface area contributed by atoms with Crippen LogP contribution in [-0.2, 0) is 16.4 Å². The zero-order valence-corrected chi connectivity index (χ0v) is 15.5. The second-order valence-electron chi connectivity index (χ2n) is 6.70. The molecule has 0 bridgehead atoms. The van der Waals surface area contributed by atoms with E-state index in [0.717, 1.165) is 11.1 Å². The minimum absolute atomic E-state index is 0.0678. The van der Waals surface area contributed by atoms with Crippen molar-refractivity contribution in [1.82, 2.24) is 15.1 Å². The third kappa shape index (κ3) is 5.49. The van der Waals surface area contributed by atoms with E-state index in [1.54, 1.807) is 4.90 Å². The van der Waals surface area contributed by atoms with E-state index in [9.17, 15) is 13.2 Å². The summed E-state index contributed by atoms with van der Waals surface area (Å²) in [5.41, 5.74) is 2.18. The van der Waals surface area contributed by atoms with Crippen LogP contribution in [0.4, 0.5) is 4.79 Å². The van der Waals surface area contributed by atoms with E-state index in [2.05, 4.69) is 5.32 Å². The van der Waals surface area contributed by atoms with Crippen LogP contribution >= 0.6 is 0 Å². The van der Waals surface area contributed by atoms with Gasteiger partial charge < -0.3 is 15.1 Å². The number of nitrogens with zero attached hydrogens (tertiary/aromatic N) is 2. The van der Waals surface area contributed by atoms with Crippen LogP contribution in [0.1, 0.15) is 17.5 Å². The molecule has 0 saturated carbocycles. The molecule has 1 aliphatic heterocycles. The number of amides is 2. The number of likely N-dealkylation sites (N-methyl/N-ethyl adjacent to an activating group) is 1. The Morgan fingerprint density at radius 3 is 2.62 bits per heavy atom. The van der Waals surface area contributed by atoms with E-state index in [-0.39, 0.29) is 23.6 Å². The fourth-order valence-corrected chi connectivity index (χ4v) is 4.61. The van der Waals surface area contributed by atoms with Crippen molar-refractivity contribution in [2.24, 2.45) is 0 Å². The zero-order chi connectivity index (χ0) is 17.7. The lowest BCUT2D eigenvalue weighted by atomic mass is 10.1. The van der Waals surface area contributed by atoms with Gasteiger partial charge in [-0.2, -0.15) is 0 Å². The number of hydrogen-bond donors (Lipinski definition) is 1.